The van der Waals surface area contributed by atoms with Gasteiger partial charge in [-0.3, -0.25) is 13.9 Å². The fourth-order valence-corrected chi connectivity index (χ4v) is 4.11. The van der Waals surface area contributed by atoms with Gasteiger partial charge in [0.05, 0.1) is 13.2 Å². The first-order chi connectivity index (χ1) is 11.1. The molecule has 126 valence electrons. The highest BCUT2D eigenvalue weighted by molar-refractivity contribution is 7.85. The van der Waals surface area contributed by atoms with Crippen molar-refractivity contribution in [3.8, 4) is 0 Å². The molecule has 2 saturated heterocycles. The van der Waals surface area contributed by atoms with Crippen molar-refractivity contribution < 1.29 is 18.1 Å². The second-order valence-electron chi connectivity index (χ2n) is 5.78. The normalized spacial score (nSPS) is 22.0. The molecule has 0 saturated carbocycles. The molecule has 7 heteroatoms. The second-order valence-corrected chi connectivity index (χ2v) is 7.48. The number of halogens is 1. The largest absolute Gasteiger partial charge is 0.379 e. The minimum Gasteiger partial charge on any atom is -0.379 e. The van der Waals surface area contributed by atoms with Gasteiger partial charge >= 0.3 is 0 Å². The van der Waals surface area contributed by atoms with E-state index >= 15 is 0 Å². The van der Waals surface area contributed by atoms with Gasteiger partial charge in [-0.1, -0.05) is 12.1 Å². The molecule has 2 aliphatic rings. The first-order valence-corrected chi connectivity index (χ1v) is 9.35. The molecule has 23 heavy (non-hydrogen) atoms. The van der Waals surface area contributed by atoms with Crippen LogP contribution < -0.4 is 0 Å². The summed E-state index contributed by atoms with van der Waals surface area (Å²) in [4.78, 5) is 16.8. The molecule has 1 amide bonds. The molecule has 0 aliphatic carbocycles. The average Bonchev–Trinajstić information content (AvgIpc) is 2.57. The fourth-order valence-electron chi connectivity index (χ4n) is 3.05. The van der Waals surface area contributed by atoms with Crippen molar-refractivity contribution in [1.29, 1.82) is 0 Å². The molecular formula is C16H21FN2O3S. The van der Waals surface area contributed by atoms with Crippen molar-refractivity contribution in [3.63, 3.8) is 0 Å². The van der Waals surface area contributed by atoms with E-state index < -0.39 is 16.8 Å². The molecule has 5 nitrogen and oxygen atoms in total. The zero-order chi connectivity index (χ0) is 16.2. The summed E-state index contributed by atoms with van der Waals surface area (Å²) in [6.45, 7) is 3.44. The van der Waals surface area contributed by atoms with Crippen molar-refractivity contribution in [2.45, 2.75) is 6.04 Å². The Morgan fingerprint density at radius 3 is 2.52 bits per heavy atom. The molecule has 0 aromatic heterocycles. The molecule has 1 aromatic carbocycles. The summed E-state index contributed by atoms with van der Waals surface area (Å²) in [7, 11) is -0.831. The molecular weight excluding hydrogens is 319 g/mol. The third-order valence-electron chi connectivity index (χ3n) is 4.30. The topological polar surface area (TPSA) is 49.9 Å². The van der Waals surface area contributed by atoms with E-state index in [9.17, 15) is 13.4 Å². The van der Waals surface area contributed by atoms with Crippen LogP contribution in [0.4, 0.5) is 4.39 Å². The summed E-state index contributed by atoms with van der Waals surface area (Å²) in [5, 5.41) is 0. The highest BCUT2D eigenvalue weighted by Crippen LogP contribution is 2.25. The fraction of sp³-hybridized carbons (Fsp3) is 0.562. The number of hydrogen-bond acceptors (Lipinski definition) is 4. The standard InChI is InChI=1S/C16H21FN2O3S/c17-14-3-1-2-13(12-14)15(18-4-8-22-9-5-18)16(20)19-6-10-23(21)11-7-19/h1-3,12,15H,4-11H2/t15-/m0/s1. The highest BCUT2D eigenvalue weighted by atomic mass is 32.2. The van der Waals surface area contributed by atoms with Crippen LogP contribution in [-0.4, -0.2) is 70.8 Å². The van der Waals surface area contributed by atoms with Gasteiger partial charge < -0.3 is 9.64 Å². The maximum Gasteiger partial charge on any atom is 0.244 e. The first-order valence-electron chi connectivity index (χ1n) is 7.86. The van der Waals surface area contributed by atoms with Gasteiger partial charge in [-0.25, -0.2) is 4.39 Å². The third-order valence-corrected chi connectivity index (χ3v) is 5.57. The predicted octanol–water partition coefficient (Wildman–Crippen LogP) is 0.790. The van der Waals surface area contributed by atoms with Crippen LogP contribution in [0.15, 0.2) is 24.3 Å². The maximum atomic E-state index is 13.6. The van der Waals surface area contributed by atoms with E-state index in [1.54, 1.807) is 17.0 Å². The Morgan fingerprint density at radius 2 is 1.87 bits per heavy atom. The summed E-state index contributed by atoms with van der Waals surface area (Å²) >= 11 is 0. The lowest BCUT2D eigenvalue weighted by molar-refractivity contribution is -0.138. The van der Waals surface area contributed by atoms with Gasteiger partial charge in [-0.05, 0) is 17.7 Å². The Kier molecular flexibility index (Phi) is 5.40. The Balaban J connectivity index is 1.84. The number of benzene rings is 1. The van der Waals surface area contributed by atoms with Crippen LogP contribution in [-0.2, 0) is 20.3 Å². The number of nitrogens with zero attached hydrogens (tertiary/aromatic N) is 2. The smallest absolute Gasteiger partial charge is 0.244 e. The first kappa shape index (κ1) is 16.5. The number of hydrogen-bond donors (Lipinski definition) is 0. The molecule has 2 heterocycles. The van der Waals surface area contributed by atoms with Crippen LogP contribution in [0.2, 0.25) is 0 Å². The minimum absolute atomic E-state index is 0.0331. The number of morpholine rings is 1. The minimum atomic E-state index is -0.831. The number of carbonyl (C=O) groups is 1. The molecule has 3 rings (SSSR count). The Labute approximate surface area is 137 Å². The van der Waals surface area contributed by atoms with Crippen LogP contribution in [0, 0.1) is 5.82 Å². The lowest BCUT2D eigenvalue weighted by atomic mass is 10.0. The van der Waals surface area contributed by atoms with Crippen LogP contribution in [0.3, 0.4) is 0 Å². The van der Waals surface area contributed by atoms with Crippen LogP contribution in [0.5, 0.6) is 0 Å². The van der Waals surface area contributed by atoms with E-state index in [0.717, 1.165) is 0 Å². The van der Waals surface area contributed by atoms with Gasteiger partial charge in [0.25, 0.3) is 0 Å². The molecule has 0 bridgehead atoms. The summed E-state index contributed by atoms with van der Waals surface area (Å²) in [6, 6.07) is 5.75. The lowest BCUT2D eigenvalue weighted by Crippen LogP contribution is -2.50. The van der Waals surface area contributed by atoms with Gasteiger partial charge in [-0.15, -0.1) is 0 Å². The lowest BCUT2D eigenvalue weighted by Gasteiger charge is -2.37. The monoisotopic (exact) mass is 340 g/mol. The van der Waals surface area contributed by atoms with E-state index in [4.69, 9.17) is 4.74 Å². The maximum absolute atomic E-state index is 13.6. The van der Waals surface area contributed by atoms with E-state index in [0.29, 0.717) is 56.5 Å². The van der Waals surface area contributed by atoms with Crippen LogP contribution >= 0.6 is 0 Å². The zero-order valence-corrected chi connectivity index (χ0v) is 13.8. The molecule has 2 fully saturated rings. The van der Waals surface area contributed by atoms with Gasteiger partial charge in [-0.2, -0.15) is 0 Å². The molecule has 1 atom stereocenters. The molecule has 0 N–H and O–H groups in total. The van der Waals surface area contributed by atoms with Crippen molar-refractivity contribution in [2.24, 2.45) is 0 Å². The van der Waals surface area contributed by atoms with Crippen molar-refractivity contribution in [2.75, 3.05) is 50.9 Å². The van der Waals surface area contributed by atoms with Gasteiger partial charge in [0.1, 0.15) is 11.9 Å². The van der Waals surface area contributed by atoms with Gasteiger partial charge in [0.2, 0.25) is 5.91 Å². The average molecular weight is 340 g/mol. The summed E-state index contributed by atoms with van der Waals surface area (Å²) in [5.74, 6) is 0.664. The second kappa shape index (κ2) is 7.51. The zero-order valence-electron chi connectivity index (χ0n) is 12.9. The number of ether oxygens (including phenoxy) is 1. The highest BCUT2D eigenvalue weighted by Gasteiger charge is 2.33. The number of rotatable bonds is 3. The molecule has 0 unspecified atom stereocenters. The number of amides is 1. The van der Waals surface area contributed by atoms with Crippen molar-refractivity contribution in [3.05, 3.63) is 35.6 Å². The predicted molar refractivity (Wildman–Crippen MR) is 86.0 cm³/mol. The summed E-state index contributed by atoms with van der Waals surface area (Å²) in [5.41, 5.74) is 0.670. The van der Waals surface area contributed by atoms with E-state index in [1.165, 1.54) is 12.1 Å². The molecule has 1 aromatic rings. The Hall–Kier alpha value is -1.31. The van der Waals surface area contributed by atoms with Crippen LogP contribution in [0.1, 0.15) is 11.6 Å². The quantitative estimate of drug-likeness (QED) is 0.816. The third kappa shape index (κ3) is 3.97. The van der Waals surface area contributed by atoms with Crippen molar-refractivity contribution >= 4 is 16.7 Å². The van der Waals surface area contributed by atoms with E-state index in [1.807, 2.05) is 4.90 Å². The Bertz CT molecular complexity index is 582. The number of carbonyl (C=O) groups excluding carboxylic acids is 1. The van der Waals surface area contributed by atoms with Gasteiger partial charge in [0.15, 0.2) is 0 Å². The SMILES string of the molecule is O=C([C@H](c1cccc(F)c1)N1CCOCC1)N1CCS(=O)CC1. The van der Waals surface area contributed by atoms with Crippen molar-refractivity contribution in [1.82, 2.24) is 9.80 Å². The molecule has 0 radical (unpaired) electrons. The van der Waals surface area contributed by atoms with Gasteiger partial charge in [0, 0.05) is 48.5 Å². The van der Waals surface area contributed by atoms with E-state index in [-0.39, 0.29) is 11.7 Å². The molecule has 2 aliphatic heterocycles. The molecule has 0 spiro atoms. The summed E-state index contributed by atoms with van der Waals surface area (Å²) in [6.07, 6.45) is 0. The van der Waals surface area contributed by atoms with Crippen LogP contribution in [0.25, 0.3) is 0 Å². The van der Waals surface area contributed by atoms with E-state index in [2.05, 4.69) is 0 Å². The summed E-state index contributed by atoms with van der Waals surface area (Å²) < 4.78 is 30.5. The Morgan fingerprint density at radius 1 is 1.17 bits per heavy atom.